The first kappa shape index (κ1) is 18.3. The van der Waals surface area contributed by atoms with E-state index in [-0.39, 0.29) is 18.0 Å². The van der Waals surface area contributed by atoms with Gasteiger partial charge in [-0.3, -0.25) is 14.2 Å². The highest BCUT2D eigenvalue weighted by atomic mass is 35.5. The highest BCUT2D eigenvalue weighted by molar-refractivity contribution is 6.36. The number of fused-ring (bicyclic) bond motifs is 1. The average molecular weight is 391 g/mol. The maximum atomic E-state index is 12.5. The van der Waals surface area contributed by atoms with E-state index in [0.717, 1.165) is 10.9 Å². The minimum atomic E-state index is -0.382. The Balaban J connectivity index is 2.00. The third-order valence-corrected chi connectivity index (χ3v) is 4.57. The smallest absolute Gasteiger partial charge is 0.251 e. The summed E-state index contributed by atoms with van der Waals surface area (Å²) in [5.74, 6) is 0.146. The molecule has 0 aliphatic carbocycles. The molecule has 3 rings (SSSR count). The molecule has 0 fully saturated rings. The maximum absolute atomic E-state index is 12.5. The summed E-state index contributed by atoms with van der Waals surface area (Å²) in [5.41, 5.74) is 1.55. The van der Waals surface area contributed by atoms with Crippen LogP contribution in [0.2, 0.25) is 10.0 Å². The first-order valence-corrected chi connectivity index (χ1v) is 8.58. The highest BCUT2D eigenvalue weighted by Crippen LogP contribution is 2.27. The van der Waals surface area contributed by atoms with Gasteiger partial charge in [-0.05, 0) is 36.8 Å². The number of carbonyl (C=O) groups is 1. The van der Waals surface area contributed by atoms with Crippen molar-refractivity contribution >= 4 is 45.7 Å². The summed E-state index contributed by atoms with van der Waals surface area (Å²) in [4.78, 5) is 25.0. The predicted octanol–water partition coefficient (Wildman–Crippen LogP) is 4.26. The molecule has 0 aliphatic heterocycles. The molecule has 0 spiro atoms. The number of amides is 1. The summed E-state index contributed by atoms with van der Waals surface area (Å²) < 4.78 is 6.77. The van der Waals surface area contributed by atoms with Crippen LogP contribution >= 0.6 is 23.2 Å². The van der Waals surface area contributed by atoms with E-state index in [4.69, 9.17) is 27.9 Å². The van der Waals surface area contributed by atoms with Gasteiger partial charge in [0.1, 0.15) is 12.3 Å². The second-order valence-corrected chi connectivity index (χ2v) is 6.62. The number of aryl methyl sites for hydroxylation is 1. The quantitative estimate of drug-likeness (QED) is 0.723. The van der Waals surface area contributed by atoms with Gasteiger partial charge in [0.25, 0.3) is 5.56 Å². The van der Waals surface area contributed by atoms with Crippen LogP contribution in [0.5, 0.6) is 5.75 Å². The molecule has 134 valence electrons. The Kier molecular flexibility index (Phi) is 5.20. The van der Waals surface area contributed by atoms with Gasteiger partial charge < -0.3 is 10.1 Å². The fraction of sp³-hybridized carbons (Fsp3) is 0.158. The first-order chi connectivity index (χ1) is 12.4. The number of carbonyl (C=O) groups excluding carboxylic acids is 1. The molecular formula is C19H16Cl2N2O3. The Hall–Kier alpha value is -2.50. The Morgan fingerprint density at radius 2 is 1.96 bits per heavy atom. The molecule has 1 N–H and O–H groups in total. The lowest BCUT2D eigenvalue weighted by atomic mass is 10.1. The summed E-state index contributed by atoms with van der Waals surface area (Å²) in [6, 6.07) is 11.8. The zero-order valence-corrected chi connectivity index (χ0v) is 15.7. The molecule has 2 aromatic carbocycles. The largest absolute Gasteiger partial charge is 0.495 e. The monoisotopic (exact) mass is 390 g/mol. The Morgan fingerprint density at radius 1 is 1.19 bits per heavy atom. The van der Waals surface area contributed by atoms with E-state index in [2.05, 4.69) is 5.32 Å². The first-order valence-electron chi connectivity index (χ1n) is 7.82. The summed E-state index contributed by atoms with van der Waals surface area (Å²) in [7, 11) is 1.53. The molecular weight excluding hydrogens is 375 g/mol. The number of nitrogens with one attached hydrogen (secondary N) is 1. The number of halogens is 2. The molecule has 0 saturated carbocycles. The molecule has 3 aromatic rings. The summed E-state index contributed by atoms with van der Waals surface area (Å²) in [5, 5.41) is 4.34. The van der Waals surface area contributed by atoms with E-state index >= 15 is 0 Å². The van der Waals surface area contributed by atoms with Crippen molar-refractivity contribution in [2.24, 2.45) is 0 Å². The molecule has 1 amide bonds. The van der Waals surface area contributed by atoms with Crippen molar-refractivity contribution in [2.45, 2.75) is 13.5 Å². The average Bonchev–Trinajstić information content (AvgIpc) is 2.60. The second-order valence-electron chi connectivity index (χ2n) is 5.78. The van der Waals surface area contributed by atoms with Gasteiger partial charge in [-0.15, -0.1) is 0 Å². The summed E-state index contributed by atoms with van der Waals surface area (Å²) in [6.07, 6.45) is 0. The normalized spacial score (nSPS) is 10.8. The lowest BCUT2D eigenvalue weighted by molar-refractivity contribution is -0.116. The number of methoxy groups -OCH3 is 1. The van der Waals surface area contributed by atoms with Gasteiger partial charge >= 0.3 is 0 Å². The molecule has 7 heteroatoms. The van der Waals surface area contributed by atoms with Gasteiger partial charge in [0, 0.05) is 16.5 Å². The van der Waals surface area contributed by atoms with Gasteiger partial charge in [-0.1, -0.05) is 35.3 Å². The second kappa shape index (κ2) is 7.40. The topological polar surface area (TPSA) is 60.3 Å². The fourth-order valence-corrected chi connectivity index (χ4v) is 3.27. The van der Waals surface area contributed by atoms with Crippen molar-refractivity contribution in [1.82, 2.24) is 4.57 Å². The zero-order valence-electron chi connectivity index (χ0n) is 14.2. The number of rotatable bonds is 4. The third-order valence-electron chi connectivity index (χ3n) is 4.03. The SMILES string of the molecule is COc1cccc2c(C)cc(=O)n(CC(=O)Nc3ccc(Cl)cc3Cl)c12. The van der Waals surface area contributed by atoms with Gasteiger partial charge in [0.2, 0.25) is 5.91 Å². The molecule has 0 aliphatic rings. The number of anilines is 1. The minimum Gasteiger partial charge on any atom is -0.495 e. The standard InChI is InChI=1S/C19H16Cl2N2O3/c1-11-8-18(25)23(19-13(11)4-3-5-16(19)26-2)10-17(24)22-15-7-6-12(20)9-14(15)21/h3-9H,10H2,1-2H3,(H,22,24). The van der Waals surface area contributed by atoms with Crippen LogP contribution < -0.4 is 15.6 Å². The number of para-hydroxylation sites is 1. The molecule has 1 heterocycles. The minimum absolute atomic E-state index is 0.172. The molecule has 1 aromatic heterocycles. The Bertz CT molecular complexity index is 1060. The van der Waals surface area contributed by atoms with Crippen LogP contribution in [-0.4, -0.2) is 17.6 Å². The molecule has 26 heavy (non-hydrogen) atoms. The van der Waals surface area contributed by atoms with Gasteiger partial charge in [-0.25, -0.2) is 0 Å². The van der Waals surface area contributed by atoms with Crippen molar-refractivity contribution in [3.05, 3.63) is 68.4 Å². The molecule has 0 radical (unpaired) electrons. The molecule has 0 atom stereocenters. The van der Waals surface area contributed by atoms with Gasteiger partial charge in [0.05, 0.1) is 23.3 Å². The number of hydrogen-bond acceptors (Lipinski definition) is 3. The van der Waals surface area contributed by atoms with E-state index in [1.54, 1.807) is 18.2 Å². The van der Waals surface area contributed by atoms with E-state index < -0.39 is 0 Å². The van der Waals surface area contributed by atoms with Crippen LogP contribution in [0, 0.1) is 6.92 Å². The van der Waals surface area contributed by atoms with Crippen LogP contribution in [0.3, 0.4) is 0 Å². The van der Waals surface area contributed by atoms with Gasteiger partial charge in [-0.2, -0.15) is 0 Å². The van der Waals surface area contributed by atoms with Crippen molar-refractivity contribution in [3.63, 3.8) is 0 Å². The van der Waals surface area contributed by atoms with Crippen LogP contribution in [0.1, 0.15) is 5.56 Å². The molecule has 5 nitrogen and oxygen atoms in total. The van der Waals surface area contributed by atoms with Gasteiger partial charge in [0.15, 0.2) is 0 Å². The summed E-state index contributed by atoms with van der Waals surface area (Å²) >= 11 is 11.9. The van der Waals surface area contributed by atoms with Crippen LogP contribution in [0.25, 0.3) is 10.9 Å². The Labute approximate surface area is 160 Å². The van der Waals surface area contributed by atoms with Crippen molar-refractivity contribution in [2.75, 3.05) is 12.4 Å². The van der Waals surface area contributed by atoms with Crippen LogP contribution in [0.4, 0.5) is 5.69 Å². The number of hydrogen-bond donors (Lipinski definition) is 1. The third kappa shape index (κ3) is 3.54. The lowest BCUT2D eigenvalue weighted by Crippen LogP contribution is -2.28. The van der Waals surface area contributed by atoms with Crippen molar-refractivity contribution in [3.8, 4) is 5.75 Å². The van der Waals surface area contributed by atoms with Crippen molar-refractivity contribution < 1.29 is 9.53 Å². The maximum Gasteiger partial charge on any atom is 0.251 e. The van der Waals surface area contributed by atoms with E-state index in [1.165, 1.54) is 23.8 Å². The van der Waals surface area contributed by atoms with Crippen LogP contribution in [0.15, 0.2) is 47.3 Å². The van der Waals surface area contributed by atoms with E-state index in [0.29, 0.717) is 27.0 Å². The van der Waals surface area contributed by atoms with E-state index in [9.17, 15) is 9.59 Å². The number of aromatic nitrogens is 1. The fourth-order valence-electron chi connectivity index (χ4n) is 2.82. The van der Waals surface area contributed by atoms with Crippen molar-refractivity contribution in [1.29, 1.82) is 0 Å². The highest BCUT2D eigenvalue weighted by Gasteiger charge is 2.15. The molecule has 0 unspecified atom stereocenters. The lowest BCUT2D eigenvalue weighted by Gasteiger charge is -2.15. The summed E-state index contributed by atoms with van der Waals surface area (Å²) in [6.45, 7) is 1.68. The zero-order chi connectivity index (χ0) is 18.8. The molecule has 0 saturated heterocycles. The number of nitrogens with zero attached hydrogens (tertiary/aromatic N) is 1. The number of pyridine rings is 1. The number of ether oxygens (including phenoxy) is 1. The Morgan fingerprint density at radius 3 is 2.65 bits per heavy atom. The van der Waals surface area contributed by atoms with E-state index in [1.807, 2.05) is 19.1 Å². The molecule has 0 bridgehead atoms. The number of benzene rings is 2. The van der Waals surface area contributed by atoms with Crippen LogP contribution in [-0.2, 0) is 11.3 Å². The predicted molar refractivity (Wildman–Crippen MR) is 105 cm³/mol.